The molecule has 768 valence electrons. The summed E-state index contributed by atoms with van der Waals surface area (Å²) in [5, 5.41) is 23.2. The molecule has 0 atom stereocenters. The van der Waals surface area contributed by atoms with Crippen LogP contribution in [-0.4, -0.2) is 205 Å². The Morgan fingerprint density at radius 2 is 0.309 bits per heavy atom. The van der Waals surface area contributed by atoms with Gasteiger partial charge in [-0.1, -0.05) is 259 Å². The predicted octanol–water partition coefficient (Wildman–Crippen LogP) is 11.8. The molecular formula is C104H176N16O16. The molecular weight excluding hydrogens is 1730 g/mol. The van der Waals surface area contributed by atoms with Crippen LogP contribution in [0.1, 0.15) is 353 Å². The number of amides is 8. The van der Waals surface area contributed by atoms with E-state index in [0.29, 0.717) is 95.9 Å². The first kappa shape index (κ1) is 117. The molecule has 0 heterocycles. The van der Waals surface area contributed by atoms with Gasteiger partial charge in [0.1, 0.15) is 46.0 Å². The minimum atomic E-state index is -0.831. The van der Waals surface area contributed by atoms with E-state index in [4.69, 9.17) is 83.8 Å². The minimum Gasteiger partial charge on any atom is -0.483 e. The molecule has 1 aliphatic carbocycles. The number of nitrogens with two attached hydrogens (primary N) is 8. The maximum absolute atomic E-state index is 14.4. The Hall–Kier alpha value is -9.28. The molecule has 0 fully saturated rings. The lowest BCUT2D eigenvalue weighted by atomic mass is 9.76. The highest BCUT2D eigenvalue weighted by molar-refractivity contribution is 5.82. The summed E-state index contributed by atoms with van der Waals surface area (Å²) in [6, 6.07) is 15.2. The van der Waals surface area contributed by atoms with Gasteiger partial charge in [-0.2, -0.15) is 0 Å². The van der Waals surface area contributed by atoms with Crippen LogP contribution in [0, 0.1) is 0 Å². The van der Waals surface area contributed by atoms with Crippen molar-refractivity contribution in [2.75, 3.05) is 158 Å². The Bertz CT molecular complexity index is 3340. The summed E-state index contributed by atoms with van der Waals surface area (Å²) >= 11 is 0. The van der Waals surface area contributed by atoms with Gasteiger partial charge in [0.05, 0.1) is 0 Å². The SMILES string of the molecule is CCCCCCCCCCCC1c2cc(c(OCC(=O)NCCN)cc2OCC(=O)NCCN)C(CCCCCCCCCCC)c2cc(c(OCC(=O)NCCN)cc2OCC(=O)NCCN)C(CCCCCCCCCCC)c2cc(c(OCC(=O)NCCN)cc2OCC(=O)NCCN)C(CCCCCCCCCCC)c2cc1c(OCC(=O)NCCN)cc2OCC(=O)NCCN. The van der Waals surface area contributed by atoms with Crippen molar-refractivity contribution >= 4 is 47.3 Å². The first-order chi connectivity index (χ1) is 66.4. The number of fused-ring (bicyclic) bond motifs is 8. The third-order valence-corrected chi connectivity index (χ3v) is 24.6. The number of hydrogen-bond donors (Lipinski definition) is 16. The fourth-order valence-corrected chi connectivity index (χ4v) is 17.4. The standard InChI is InChI=1S/C104H176N16O16/c1-5-9-13-17-21-25-29-33-37-41-77-81-61-83(91(131-71-99(123)115-55-47-107)65-89(81)129-69-97(121)113-53-45-105)78(42-38-34-30-26-22-18-14-10-6-2)85-63-87(95(135-75-103(127)119-59-51-111)67-93(85)133-73-101(125)117-57-49-109)80(44-40-36-32-28-24-20-16-12-8-4)88-64-86(94(134-74-102(126)118-58-50-110)68-96(88)136-76-104(128)120-60-52-112)79(43-39-35-31-27-23-19-15-11-7-3)84-62-82(77)90(130-70-98(122)114-54-46-106)66-92(84)132-72-100(124)116-56-48-108/h61-68,77-80H,5-60,69-76,105-112H2,1-4H3,(H,113,121)(H,114,122)(H,115,123)(H,116,124)(H,117,125)(H,118,126)(H,119,127)(H,120,128). The molecule has 0 saturated carbocycles. The van der Waals surface area contributed by atoms with Gasteiger partial charge in [-0.05, 0) is 49.9 Å². The van der Waals surface area contributed by atoms with Gasteiger partial charge in [-0.25, -0.2) is 0 Å². The van der Waals surface area contributed by atoms with Gasteiger partial charge in [-0.15, -0.1) is 0 Å². The summed E-state index contributed by atoms with van der Waals surface area (Å²) < 4.78 is 56.6. The zero-order valence-electron chi connectivity index (χ0n) is 83.3. The van der Waals surface area contributed by atoms with E-state index in [1.807, 2.05) is 24.3 Å². The van der Waals surface area contributed by atoms with Crippen LogP contribution in [0.4, 0.5) is 0 Å². The van der Waals surface area contributed by atoms with Crippen LogP contribution in [0.3, 0.4) is 0 Å². The van der Waals surface area contributed by atoms with Crippen molar-refractivity contribution in [3.63, 3.8) is 0 Å². The lowest BCUT2D eigenvalue weighted by Gasteiger charge is -2.32. The van der Waals surface area contributed by atoms with Crippen molar-refractivity contribution in [1.29, 1.82) is 0 Å². The molecule has 0 unspecified atom stereocenters. The number of carbonyl (C=O) groups excluding carboxylic acids is 8. The largest absolute Gasteiger partial charge is 0.483 e. The third-order valence-electron chi connectivity index (χ3n) is 24.6. The van der Waals surface area contributed by atoms with Gasteiger partial charge >= 0.3 is 0 Å². The highest BCUT2D eigenvalue weighted by atomic mass is 16.5. The maximum atomic E-state index is 14.4. The van der Waals surface area contributed by atoms with E-state index in [-0.39, 0.29) is 151 Å². The number of ether oxygens (including phenoxy) is 8. The van der Waals surface area contributed by atoms with E-state index in [2.05, 4.69) is 70.2 Å². The molecule has 1 aliphatic rings. The molecule has 4 aromatic rings. The number of hydrogen-bond acceptors (Lipinski definition) is 24. The van der Waals surface area contributed by atoms with Crippen LogP contribution < -0.4 is 126 Å². The van der Waals surface area contributed by atoms with Crippen LogP contribution in [0.25, 0.3) is 0 Å². The molecule has 4 aromatic carbocycles. The number of rotatable bonds is 80. The molecule has 32 heteroatoms. The second-order valence-corrected chi connectivity index (χ2v) is 35.8. The molecule has 8 amide bonds. The number of benzene rings is 4. The summed E-state index contributed by atoms with van der Waals surface area (Å²) in [5.41, 5.74) is 52.8. The Balaban J connectivity index is 2.37. The molecule has 5 rings (SSSR count). The smallest absolute Gasteiger partial charge is 0.257 e. The lowest BCUT2D eigenvalue weighted by molar-refractivity contribution is -0.123. The summed E-state index contributed by atoms with van der Waals surface area (Å²) in [4.78, 5) is 116. The van der Waals surface area contributed by atoms with E-state index in [0.717, 1.165) is 205 Å². The average molecular weight is 1910 g/mol. The summed E-state index contributed by atoms with van der Waals surface area (Å²) in [6.07, 6.45) is 36.7. The quantitative estimate of drug-likeness (QED) is 0.0183. The highest BCUT2D eigenvalue weighted by Crippen LogP contribution is 2.54. The van der Waals surface area contributed by atoms with Crippen LogP contribution in [0.2, 0.25) is 0 Å². The number of nitrogens with one attached hydrogen (secondary N) is 8. The normalized spacial score (nSPS) is 13.8. The second kappa shape index (κ2) is 73.9. The maximum Gasteiger partial charge on any atom is 0.257 e. The average Bonchev–Trinajstić information content (AvgIpc) is 0.742. The zero-order chi connectivity index (χ0) is 98.4. The van der Waals surface area contributed by atoms with E-state index in [9.17, 15) is 38.4 Å². The Morgan fingerprint density at radius 3 is 0.426 bits per heavy atom. The van der Waals surface area contributed by atoms with E-state index >= 15 is 0 Å². The Kier molecular flexibility index (Phi) is 63.7. The Labute approximate surface area is 812 Å². The van der Waals surface area contributed by atoms with Crippen molar-refractivity contribution in [3.8, 4) is 46.0 Å². The molecule has 0 saturated heterocycles. The fraction of sp³-hybridized carbons (Fsp3) is 0.692. The van der Waals surface area contributed by atoms with Crippen molar-refractivity contribution in [3.05, 3.63) is 93.0 Å². The van der Waals surface area contributed by atoms with Crippen molar-refractivity contribution in [2.45, 2.75) is 308 Å². The molecule has 0 spiro atoms. The molecule has 0 aliphatic heterocycles. The van der Waals surface area contributed by atoms with Gasteiger partial charge in [0, 0.05) is 197 Å². The van der Waals surface area contributed by atoms with Gasteiger partial charge in [0.2, 0.25) is 0 Å². The zero-order valence-corrected chi connectivity index (χ0v) is 83.3. The summed E-state index contributed by atoms with van der Waals surface area (Å²) in [6.45, 7) is 6.90. The van der Waals surface area contributed by atoms with Gasteiger partial charge < -0.3 is 126 Å². The topological polar surface area (TPSA) is 515 Å². The van der Waals surface area contributed by atoms with Crippen molar-refractivity contribution in [1.82, 2.24) is 42.5 Å². The molecule has 0 aromatic heterocycles. The highest BCUT2D eigenvalue weighted by Gasteiger charge is 2.37. The molecule has 8 bridgehead atoms. The lowest BCUT2D eigenvalue weighted by Crippen LogP contribution is -2.33. The van der Waals surface area contributed by atoms with Crippen LogP contribution in [0.5, 0.6) is 46.0 Å². The second-order valence-electron chi connectivity index (χ2n) is 35.8. The van der Waals surface area contributed by atoms with E-state index in [1.165, 1.54) is 0 Å². The number of unbranched alkanes of at least 4 members (excludes halogenated alkanes) is 32. The van der Waals surface area contributed by atoms with Crippen LogP contribution in [0.15, 0.2) is 48.5 Å². The van der Waals surface area contributed by atoms with Gasteiger partial charge in [0.25, 0.3) is 47.3 Å². The molecule has 136 heavy (non-hydrogen) atoms. The monoisotopic (exact) mass is 1910 g/mol. The first-order valence-electron chi connectivity index (χ1n) is 51.9. The van der Waals surface area contributed by atoms with Crippen molar-refractivity contribution in [2.24, 2.45) is 45.9 Å². The van der Waals surface area contributed by atoms with Crippen LogP contribution in [-0.2, 0) is 38.4 Å². The molecule has 24 N–H and O–H groups in total. The van der Waals surface area contributed by atoms with Crippen LogP contribution >= 0.6 is 0 Å². The van der Waals surface area contributed by atoms with Gasteiger partial charge in [-0.3, -0.25) is 38.4 Å². The molecule has 32 nitrogen and oxygen atoms in total. The summed E-state index contributed by atoms with van der Waals surface area (Å²) in [5.74, 6) is -5.65. The first-order valence-corrected chi connectivity index (χ1v) is 51.9. The predicted molar refractivity (Wildman–Crippen MR) is 541 cm³/mol. The van der Waals surface area contributed by atoms with Gasteiger partial charge in [0.15, 0.2) is 52.9 Å². The number of carbonyl (C=O) groups is 8. The van der Waals surface area contributed by atoms with E-state index < -0.39 is 124 Å². The molecule has 0 radical (unpaired) electrons. The third kappa shape index (κ3) is 46.5. The Morgan fingerprint density at radius 1 is 0.191 bits per heavy atom. The fourth-order valence-electron chi connectivity index (χ4n) is 17.4. The van der Waals surface area contributed by atoms with E-state index in [1.54, 1.807) is 24.3 Å². The minimum absolute atomic E-state index is 0.137. The summed E-state index contributed by atoms with van der Waals surface area (Å²) in [7, 11) is 0. The van der Waals surface area contributed by atoms with Crippen molar-refractivity contribution < 1.29 is 76.3 Å².